The minimum atomic E-state index is -4.76. The number of amides is 1. The van der Waals surface area contributed by atoms with E-state index in [2.05, 4.69) is 7.05 Å². The Morgan fingerprint density at radius 2 is 1.93 bits per heavy atom. The van der Waals surface area contributed by atoms with Gasteiger partial charge >= 0.3 is 6.18 Å². The highest BCUT2D eigenvalue weighted by atomic mass is 19.4. The second kappa shape index (κ2) is 3.88. The SMILES string of the molecule is [CH2]NC(=O)c1ccc(C(F)(F)F)c(F)c1. The topological polar surface area (TPSA) is 29.1 Å². The Labute approximate surface area is 82.9 Å². The summed E-state index contributed by atoms with van der Waals surface area (Å²) in [6.45, 7) is 0. The van der Waals surface area contributed by atoms with Crippen LogP contribution in [0.25, 0.3) is 0 Å². The molecule has 1 aromatic rings. The first-order valence-corrected chi connectivity index (χ1v) is 3.80. The quantitative estimate of drug-likeness (QED) is 0.723. The van der Waals surface area contributed by atoms with Gasteiger partial charge in [0, 0.05) is 12.6 Å². The van der Waals surface area contributed by atoms with Gasteiger partial charge < -0.3 is 5.32 Å². The van der Waals surface area contributed by atoms with Gasteiger partial charge in [0.05, 0.1) is 5.56 Å². The van der Waals surface area contributed by atoms with Crippen molar-refractivity contribution < 1.29 is 22.4 Å². The molecule has 0 aliphatic rings. The summed E-state index contributed by atoms with van der Waals surface area (Å²) in [5, 5.41) is 1.93. The monoisotopic (exact) mass is 220 g/mol. The molecule has 0 aliphatic heterocycles. The van der Waals surface area contributed by atoms with E-state index in [-0.39, 0.29) is 5.56 Å². The van der Waals surface area contributed by atoms with Gasteiger partial charge in [-0.2, -0.15) is 13.2 Å². The number of alkyl halides is 3. The van der Waals surface area contributed by atoms with Gasteiger partial charge in [-0.15, -0.1) is 0 Å². The molecule has 0 spiro atoms. The second-order valence-corrected chi connectivity index (χ2v) is 2.70. The molecule has 0 unspecified atom stereocenters. The normalized spacial score (nSPS) is 11.3. The summed E-state index contributed by atoms with van der Waals surface area (Å²) >= 11 is 0. The smallest absolute Gasteiger partial charge is 0.350 e. The number of halogens is 4. The van der Waals surface area contributed by atoms with Crippen LogP contribution in [0.2, 0.25) is 0 Å². The van der Waals surface area contributed by atoms with Crippen LogP contribution in [0.15, 0.2) is 18.2 Å². The molecule has 0 bridgehead atoms. The predicted molar refractivity (Wildman–Crippen MR) is 44.2 cm³/mol. The second-order valence-electron chi connectivity index (χ2n) is 2.70. The van der Waals surface area contributed by atoms with Gasteiger partial charge in [0.15, 0.2) is 0 Å². The highest BCUT2D eigenvalue weighted by Crippen LogP contribution is 2.31. The Bertz CT molecular complexity index is 386. The Morgan fingerprint density at radius 1 is 1.33 bits per heavy atom. The molecule has 1 radical (unpaired) electrons. The van der Waals surface area contributed by atoms with Crippen LogP contribution in [0, 0.1) is 12.9 Å². The molecular weight excluding hydrogens is 214 g/mol. The maximum absolute atomic E-state index is 12.9. The Morgan fingerprint density at radius 3 is 2.33 bits per heavy atom. The summed E-state index contributed by atoms with van der Waals surface area (Å²) < 4.78 is 49.3. The van der Waals surface area contributed by atoms with E-state index in [1.807, 2.05) is 5.32 Å². The zero-order valence-corrected chi connectivity index (χ0v) is 7.36. The van der Waals surface area contributed by atoms with Crippen LogP contribution >= 0.6 is 0 Å². The van der Waals surface area contributed by atoms with Crippen molar-refractivity contribution in [1.82, 2.24) is 5.32 Å². The molecular formula is C9H6F4NO. The van der Waals surface area contributed by atoms with Gasteiger partial charge in [-0.3, -0.25) is 4.79 Å². The Balaban J connectivity index is 3.15. The highest BCUT2D eigenvalue weighted by molar-refractivity contribution is 5.94. The van der Waals surface area contributed by atoms with Gasteiger partial charge in [0.1, 0.15) is 5.82 Å². The lowest BCUT2D eigenvalue weighted by Crippen LogP contribution is -2.17. The van der Waals surface area contributed by atoms with E-state index in [9.17, 15) is 22.4 Å². The standard InChI is InChI=1S/C9H6F4NO/c1-14-8(15)5-2-3-6(7(10)4-5)9(11,12)13/h2-4H,1H2,(H,14,15). The lowest BCUT2D eigenvalue weighted by Gasteiger charge is -2.08. The van der Waals surface area contributed by atoms with Crippen LogP contribution in [0.4, 0.5) is 17.6 Å². The molecule has 1 amide bonds. The zero-order valence-electron chi connectivity index (χ0n) is 7.36. The molecule has 0 heterocycles. The number of hydrogen-bond donors (Lipinski definition) is 1. The molecule has 1 rings (SSSR count). The lowest BCUT2D eigenvalue weighted by molar-refractivity contribution is -0.140. The largest absolute Gasteiger partial charge is 0.419 e. The fourth-order valence-corrected chi connectivity index (χ4v) is 0.988. The van der Waals surface area contributed by atoms with Gasteiger partial charge in [0.25, 0.3) is 5.91 Å². The van der Waals surface area contributed by atoms with Crippen molar-refractivity contribution in [1.29, 1.82) is 0 Å². The molecule has 0 atom stereocenters. The van der Waals surface area contributed by atoms with E-state index in [1.54, 1.807) is 0 Å². The van der Waals surface area contributed by atoms with Crippen molar-refractivity contribution in [3.05, 3.63) is 42.2 Å². The van der Waals surface area contributed by atoms with Crippen molar-refractivity contribution in [2.45, 2.75) is 6.18 Å². The van der Waals surface area contributed by atoms with E-state index in [1.165, 1.54) is 0 Å². The van der Waals surface area contributed by atoms with E-state index in [4.69, 9.17) is 0 Å². The lowest BCUT2D eigenvalue weighted by atomic mass is 10.1. The first kappa shape index (κ1) is 11.5. The van der Waals surface area contributed by atoms with E-state index < -0.39 is 23.5 Å². The first-order valence-electron chi connectivity index (χ1n) is 3.80. The van der Waals surface area contributed by atoms with E-state index in [0.717, 1.165) is 6.07 Å². The summed E-state index contributed by atoms with van der Waals surface area (Å²) in [6.07, 6.45) is -4.76. The van der Waals surface area contributed by atoms with E-state index >= 15 is 0 Å². The maximum Gasteiger partial charge on any atom is 0.419 e. The molecule has 0 saturated carbocycles. The minimum absolute atomic E-state index is 0.212. The summed E-state index contributed by atoms with van der Waals surface area (Å²) in [4.78, 5) is 10.9. The summed E-state index contributed by atoms with van der Waals surface area (Å²) in [6, 6.07) is 1.91. The van der Waals surface area contributed by atoms with Crippen molar-refractivity contribution in [3.63, 3.8) is 0 Å². The average molecular weight is 220 g/mol. The minimum Gasteiger partial charge on any atom is -0.350 e. The molecule has 6 heteroatoms. The Kier molecular flexibility index (Phi) is 2.97. The number of nitrogens with one attached hydrogen (secondary N) is 1. The predicted octanol–water partition coefficient (Wildman–Crippen LogP) is 2.37. The van der Waals surface area contributed by atoms with Gasteiger partial charge in [-0.05, 0) is 18.2 Å². The molecule has 15 heavy (non-hydrogen) atoms. The number of carbonyl (C=O) groups excluding carboxylic acids is 1. The molecule has 1 aromatic carbocycles. The molecule has 81 valence electrons. The fourth-order valence-electron chi connectivity index (χ4n) is 0.988. The van der Waals surface area contributed by atoms with Crippen molar-refractivity contribution in [2.75, 3.05) is 0 Å². The Hall–Kier alpha value is -1.59. The van der Waals surface area contributed by atoms with Gasteiger partial charge in [-0.1, -0.05) is 0 Å². The molecule has 0 aromatic heterocycles. The van der Waals surface area contributed by atoms with Crippen molar-refractivity contribution in [2.24, 2.45) is 0 Å². The number of benzene rings is 1. The van der Waals surface area contributed by atoms with Gasteiger partial charge in [0.2, 0.25) is 0 Å². The summed E-state index contributed by atoms with van der Waals surface area (Å²) in [7, 11) is 3.02. The van der Waals surface area contributed by atoms with Crippen LogP contribution in [-0.4, -0.2) is 5.91 Å². The number of carbonyl (C=O) groups is 1. The summed E-state index contributed by atoms with van der Waals surface area (Å²) in [5.74, 6) is -2.23. The fraction of sp³-hybridized carbons (Fsp3) is 0.111. The van der Waals surface area contributed by atoms with Crippen LogP contribution in [0.5, 0.6) is 0 Å². The molecule has 2 nitrogen and oxygen atoms in total. The molecule has 0 saturated heterocycles. The van der Waals surface area contributed by atoms with E-state index in [0.29, 0.717) is 12.1 Å². The zero-order chi connectivity index (χ0) is 11.6. The van der Waals surface area contributed by atoms with Gasteiger partial charge in [-0.25, -0.2) is 4.39 Å². The third-order valence-electron chi connectivity index (χ3n) is 1.70. The maximum atomic E-state index is 12.9. The van der Waals surface area contributed by atoms with Crippen LogP contribution in [0.1, 0.15) is 15.9 Å². The van der Waals surface area contributed by atoms with Crippen LogP contribution in [0.3, 0.4) is 0 Å². The third-order valence-corrected chi connectivity index (χ3v) is 1.70. The van der Waals surface area contributed by atoms with Crippen molar-refractivity contribution >= 4 is 5.91 Å². The average Bonchev–Trinajstić information content (AvgIpc) is 2.14. The first-order chi connectivity index (χ1) is 6.86. The molecule has 1 N–H and O–H groups in total. The highest BCUT2D eigenvalue weighted by Gasteiger charge is 2.34. The van der Waals surface area contributed by atoms with Crippen LogP contribution in [-0.2, 0) is 6.18 Å². The summed E-state index contributed by atoms with van der Waals surface area (Å²) in [5.41, 5.74) is -1.61. The molecule has 0 fully saturated rings. The number of hydrogen-bond acceptors (Lipinski definition) is 1. The number of rotatable bonds is 1. The molecule has 0 aliphatic carbocycles. The third kappa shape index (κ3) is 2.45. The van der Waals surface area contributed by atoms with Crippen molar-refractivity contribution in [3.8, 4) is 0 Å². The van der Waals surface area contributed by atoms with Crippen LogP contribution < -0.4 is 5.32 Å².